The predicted octanol–water partition coefficient (Wildman–Crippen LogP) is 1.41. The molecule has 0 radical (unpaired) electrons. The SMILES string of the molecule is CCONC1=CCS(=O)(=O)c2ccc(C(=O)c3c[nH]n(CC)c3=O)c(C)c21. The fourth-order valence-electron chi connectivity index (χ4n) is 3.11. The Kier molecular flexibility index (Phi) is 5.07. The Balaban J connectivity index is 2.15. The largest absolute Gasteiger partial charge is 0.302 e. The molecule has 0 spiro atoms. The number of fused-ring (bicyclic) bond motifs is 1. The lowest BCUT2D eigenvalue weighted by Gasteiger charge is -2.22. The van der Waals surface area contributed by atoms with E-state index >= 15 is 0 Å². The molecule has 0 saturated heterocycles. The van der Waals surface area contributed by atoms with E-state index in [0.29, 0.717) is 30.0 Å². The van der Waals surface area contributed by atoms with Gasteiger partial charge in [-0.05, 0) is 44.5 Å². The maximum atomic E-state index is 12.9. The van der Waals surface area contributed by atoms with Crippen molar-refractivity contribution in [2.24, 2.45) is 0 Å². The van der Waals surface area contributed by atoms with Crippen LogP contribution in [0.25, 0.3) is 5.70 Å². The second-order valence-electron chi connectivity index (χ2n) is 6.11. The molecule has 9 heteroatoms. The molecule has 0 aliphatic carbocycles. The van der Waals surface area contributed by atoms with Crippen LogP contribution in [0.4, 0.5) is 0 Å². The number of carbonyl (C=O) groups excluding carboxylic acids is 1. The molecule has 1 aromatic heterocycles. The Labute approximate surface area is 156 Å². The molecule has 0 bridgehead atoms. The lowest BCUT2D eigenvalue weighted by Crippen LogP contribution is -2.24. The van der Waals surface area contributed by atoms with Crippen molar-refractivity contribution < 1.29 is 18.0 Å². The van der Waals surface area contributed by atoms with Crippen LogP contribution >= 0.6 is 0 Å². The van der Waals surface area contributed by atoms with Gasteiger partial charge in [0.15, 0.2) is 15.6 Å². The molecule has 2 aromatic rings. The summed E-state index contributed by atoms with van der Waals surface area (Å²) in [5.41, 5.74) is 4.00. The van der Waals surface area contributed by atoms with Crippen LogP contribution in [-0.4, -0.2) is 36.3 Å². The van der Waals surface area contributed by atoms with E-state index in [-0.39, 0.29) is 21.8 Å². The number of aromatic amines is 1. The van der Waals surface area contributed by atoms with E-state index < -0.39 is 21.2 Å². The number of rotatable bonds is 6. The monoisotopic (exact) mass is 391 g/mol. The number of H-pyrrole nitrogens is 1. The minimum atomic E-state index is -3.49. The fraction of sp³-hybridized carbons (Fsp3) is 0.333. The topological polar surface area (TPSA) is 110 Å². The van der Waals surface area contributed by atoms with E-state index in [9.17, 15) is 18.0 Å². The Bertz CT molecular complexity index is 1090. The smallest absolute Gasteiger partial charge is 0.277 e. The van der Waals surface area contributed by atoms with E-state index in [2.05, 4.69) is 10.6 Å². The van der Waals surface area contributed by atoms with Gasteiger partial charge in [-0.15, -0.1) is 0 Å². The van der Waals surface area contributed by atoms with E-state index in [1.165, 1.54) is 29.1 Å². The van der Waals surface area contributed by atoms with Crippen LogP contribution in [0.2, 0.25) is 0 Å². The summed E-state index contributed by atoms with van der Waals surface area (Å²) in [5.74, 6) is -0.608. The molecule has 2 N–H and O–H groups in total. The van der Waals surface area contributed by atoms with Gasteiger partial charge in [0.2, 0.25) is 0 Å². The Morgan fingerprint density at radius 3 is 2.67 bits per heavy atom. The molecule has 0 saturated carbocycles. The van der Waals surface area contributed by atoms with Gasteiger partial charge in [-0.25, -0.2) is 8.42 Å². The molecule has 1 aliphatic heterocycles. The molecular formula is C18H21N3O5S. The van der Waals surface area contributed by atoms with Crippen molar-refractivity contribution in [3.05, 3.63) is 57.0 Å². The second-order valence-corrected chi connectivity index (χ2v) is 8.11. The van der Waals surface area contributed by atoms with Crippen LogP contribution in [0, 0.1) is 6.92 Å². The quantitative estimate of drug-likeness (QED) is 0.569. The molecule has 0 atom stereocenters. The molecular weight excluding hydrogens is 370 g/mol. The van der Waals surface area contributed by atoms with Gasteiger partial charge in [0.05, 0.1) is 23.0 Å². The highest BCUT2D eigenvalue weighted by molar-refractivity contribution is 7.91. The van der Waals surface area contributed by atoms with Gasteiger partial charge in [-0.1, -0.05) is 0 Å². The first-order chi connectivity index (χ1) is 12.8. The van der Waals surface area contributed by atoms with Crippen LogP contribution in [-0.2, 0) is 21.2 Å². The standard InChI is InChI=1S/C18H21N3O5S/c1-4-21-18(23)13(10-19-21)17(22)12-6-7-15-16(11(12)3)14(20-26-5-2)8-9-27(15,24)25/h6-8,10,19-20H,4-5,9H2,1-3H3. The zero-order chi connectivity index (χ0) is 19.8. The maximum Gasteiger partial charge on any atom is 0.277 e. The summed E-state index contributed by atoms with van der Waals surface area (Å²) in [6.45, 7) is 6.05. The van der Waals surface area contributed by atoms with Crippen molar-refractivity contribution in [2.45, 2.75) is 32.2 Å². The van der Waals surface area contributed by atoms with Crippen molar-refractivity contribution >= 4 is 21.3 Å². The first-order valence-corrected chi connectivity index (χ1v) is 10.2. The minimum Gasteiger partial charge on any atom is -0.302 e. The summed E-state index contributed by atoms with van der Waals surface area (Å²) in [5, 5.41) is 2.75. The molecule has 8 nitrogen and oxygen atoms in total. The maximum absolute atomic E-state index is 12.9. The summed E-state index contributed by atoms with van der Waals surface area (Å²) in [7, 11) is -3.49. The fourth-order valence-corrected chi connectivity index (χ4v) is 4.52. The van der Waals surface area contributed by atoms with Crippen LogP contribution in [0.5, 0.6) is 0 Å². The Morgan fingerprint density at radius 1 is 1.30 bits per heavy atom. The van der Waals surface area contributed by atoms with Gasteiger partial charge < -0.3 is 5.10 Å². The van der Waals surface area contributed by atoms with Gasteiger partial charge >= 0.3 is 0 Å². The Hall–Kier alpha value is -2.65. The predicted molar refractivity (Wildman–Crippen MR) is 100 cm³/mol. The average Bonchev–Trinajstić information content (AvgIpc) is 3.01. The number of benzene rings is 1. The molecule has 0 amide bonds. The molecule has 2 heterocycles. The van der Waals surface area contributed by atoms with Gasteiger partial charge in [-0.2, -0.15) is 0 Å². The third kappa shape index (κ3) is 3.24. The van der Waals surface area contributed by atoms with Crippen molar-refractivity contribution in [1.82, 2.24) is 15.3 Å². The van der Waals surface area contributed by atoms with Crippen molar-refractivity contribution in [1.29, 1.82) is 0 Å². The van der Waals surface area contributed by atoms with Crippen LogP contribution in [0.1, 0.15) is 40.9 Å². The number of hydrogen-bond donors (Lipinski definition) is 2. The van der Waals surface area contributed by atoms with Crippen LogP contribution in [0.3, 0.4) is 0 Å². The lowest BCUT2D eigenvalue weighted by molar-refractivity contribution is 0.0896. The number of nitrogens with zero attached hydrogens (tertiary/aromatic N) is 1. The number of aryl methyl sites for hydroxylation is 1. The average molecular weight is 391 g/mol. The molecule has 1 aromatic carbocycles. The van der Waals surface area contributed by atoms with E-state index in [1.54, 1.807) is 20.8 Å². The first-order valence-electron chi connectivity index (χ1n) is 8.59. The molecule has 3 rings (SSSR count). The number of ketones is 1. The van der Waals surface area contributed by atoms with E-state index in [1.807, 2.05) is 0 Å². The van der Waals surface area contributed by atoms with Gasteiger partial charge in [0.1, 0.15) is 5.56 Å². The van der Waals surface area contributed by atoms with Gasteiger partial charge in [-0.3, -0.25) is 24.6 Å². The number of aromatic nitrogens is 2. The van der Waals surface area contributed by atoms with Gasteiger partial charge in [0.25, 0.3) is 5.56 Å². The zero-order valence-corrected chi connectivity index (χ0v) is 16.1. The summed E-state index contributed by atoms with van der Waals surface area (Å²) >= 11 is 0. The number of carbonyl (C=O) groups is 1. The molecule has 0 fully saturated rings. The highest BCUT2D eigenvalue weighted by atomic mass is 32.2. The van der Waals surface area contributed by atoms with Crippen LogP contribution < -0.4 is 11.0 Å². The third-order valence-corrected chi connectivity index (χ3v) is 6.13. The van der Waals surface area contributed by atoms with Gasteiger partial charge in [0, 0.05) is 23.9 Å². The first kappa shape index (κ1) is 19.1. The summed E-state index contributed by atoms with van der Waals surface area (Å²) in [4.78, 5) is 30.6. The van der Waals surface area contributed by atoms with Crippen molar-refractivity contribution in [3.8, 4) is 0 Å². The summed E-state index contributed by atoms with van der Waals surface area (Å²) < 4.78 is 26.2. The summed E-state index contributed by atoms with van der Waals surface area (Å²) in [6, 6.07) is 2.87. The van der Waals surface area contributed by atoms with Crippen molar-refractivity contribution in [3.63, 3.8) is 0 Å². The second kappa shape index (κ2) is 7.16. The number of nitrogens with one attached hydrogen (secondary N) is 2. The summed E-state index contributed by atoms with van der Waals surface area (Å²) in [6.07, 6.45) is 2.90. The highest BCUT2D eigenvalue weighted by Crippen LogP contribution is 2.33. The normalized spacial score (nSPS) is 15.1. The van der Waals surface area contributed by atoms with E-state index in [0.717, 1.165) is 0 Å². The third-order valence-electron chi connectivity index (χ3n) is 4.51. The molecule has 27 heavy (non-hydrogen) atoms. The molecule has 1 aliphatic rings. The molecule has 144 valence electrons. The number of sulfone groups is 1. The number of hydrogen-bond acceptors (Lipinski definition) is 6. The van der Waals surface area contributed by atoms with E-state index in [4.69, 9.17) is 4.84 Å². The lowest BCUT2D eigenvalue weighted by atomic mass is 9.95. The minimum absolute atomic E-state index is 0.0156. The number of hydroxylamine groups is 1. The van der Waals surface area contributed by atoms with Crippen LogP contribution in [0.15, 0.2) is 34.1 Å². The van der Waals surface area contributed by atoms with Crippen molar-refractivity contribution in [2.75, 3.05) is 12.4 Å². The molecule has 0 unspecified atom stereocenters. The Morgan fingerprint density at radius 2 is 2.04 bits per heavy atom. The highest BCUT2D eigenvalue weighted by Gasteiger charge is 2.29. The zero-order valence-electron chi connectivity index (χ0n) is 15.3.